The van der Waals surface area contributed by atoms with Gasteiger partial charge in [-0.05, 0) is 34.2 Å². The topological polar surface area (TPSA) is 38.0 Å². The van der Waals surface area contributed by atoms with Crippen LogP contribution in [0.2, 0.25) is 0 Å². The predicted molar refractivity (Wildman–Crippen MR) is 50.6 cm³/mol. The summed E-state index contributed by atoms with van der Waals surface area (Å²) >= 11 is 0. The molecule has 1 atom stereocenters. The first-order chi connectivity index (χ1) is 4.87. The minimum Gasteiger partial charge on any atom is -0.324 e. The minimum absolute atomic E-state index is 0.0573. The Morgan fingerprint density at radius 2 is 1.73 bits per heavy atom. The maximum Gasteiger partial charge on any atom is 0.0325 e. The summed E-state index contributed by atoms with van der Waals surface area (Å²) in [5, 5.41) is 3.29. The number of hydrogen-bond donors (Lipinski definition) is 2. The van der Waals surface area contributed by atoms with Crippen LogP contribution in [0.1, 0.15) is 40.5 Å². The van der Waals surface area contributed by atoms with Gasteiger partial charge in [0.2, 0.25) is 0 Å². The third kappa shape index (κ3) is 2.46. The lowest BCUT2D eigenvalue weighted by molar-refractivity contribution is 0.216. The summed E-state index contributed by atoms with van der Waals surface area (Å²) in [4.78, 5) is 0. The summed E-state index contributed by atoms with van der Waals surface area (Å²) < 4.78 is 0. The molecular weight excluding hydrogens is 136 g/mol. The second-order valence-corrected chi connectivity index (χ2v) is 4.05. The van der Waals surface area contributed by atoms with Crippen LogP contribution in [0.5, 0.6) is 0 Å². The molecular formula is C9H22N2. The first kappa shape index (κ1) is 10.9. The highest BCUT2D eigenvalue weighted by Gasteiger charge is 2.35. The first-order valence-electron chi connectivity index (χ1n) is 4.35. The lowest BCUT2D eigenvalue weighted by Crippen LogP contribution is -2.61. The van der Waals surface area contributed by atoms with E-state index in [2.05, 4.69) is 33.0 Å². The molecule has 0 heterocycles. The Bertz CT molecular complexity index is 115. The van der Waals surface area contributed by atoms with Crippen molar-refractivity contribution in [3.63, 3.8) is 0 Å². The lowest BCUT2D eigenvalue weighted by Gasteiger charge is -2.41. The van der Waals surface area contributed by atoms with Gasteiger partial charge in [0, 0.05) is 11.1 Å². The number of likely N-dealkylation sites (N-methyl/N-ethyl adjacent to an activating group) is 1. The SMILES string of the molecule is CCCC(C)(NC)C(C)(C)N. The molecule has 3 N–H and O–H groups in total. The highest BCUT2D eigenvalue weighted by atomic mass is 15.0. The molecule has 68 valence electrons. The zero-order chi connectivity index (χ0) is 9.12. The Morgan fingerprint density at radius 3 is 1.82 bits per heavy atom. The van der Waals surface area contributed by atoms with Gasteiger partial charge in [0.05, 0.1) is 0 Å². The van der Waals surface area contributed by atoms with Crippen molar-refractivity contribution < 1.29 is 0 Å². The van der Waals surface area contributed by atoms with Gasteiger partial charge in [-0.25, -0.2) is 0 Å². The van der Waals surface area contributed by atoms with Crippen LogP contribution < -0.4 is 11.1 Å². The quantitative estimate of drug-likeness (QED) is 0.650. The standard InChI is InChI=1S/C9H22N2/c1-6-7-9(4,11-5)8(2,3)10/h11H,6-7,10H2,1-5H3. The van der Waals surface area contributed by atoms with E-state index >= 15 is 0 Å². The van der Waals surface area contributed by atoms with Gasteiger partial charge < -0.3 is 11.1 Å². The molecule has 1 unspecified atom stereocenters. The summed E-state index contributed by atoms with van der Waals surface area (Å²) in [5.41, 5.74) is 5.95. The number of hydrogen-bond acceptors (Lipinski definition) is 2. The van der Waals surface area contributed by atoms with Gasteiger partial charge in [0.1, 0.15) is 0 Å². The van der Waals surface area contributed by atoms with Crippen molar-refractivity contribution >= 4 is 0 Å². The molecule has 11 heavy (non-hydrogen) atoms. The van der Waals surface area contributed by atoms with Gasteiger partial charge in [0.25, 0.3) is 0 Å². The molecule has 0 saturated heterocycles. The average molecular weight is 158 g/mol. The first-order valence-corrected chi connectivity index (χ1v) is 4.35. The molecule has 2 heteroatoms. The van der Waals surface area contributed by atoms with Crippen LogP contribution in [0.15, 0.2) is 0 Å². The summed E-state index contributed by atoms with van der Waals surface area (Å²) in [6, 6.07) is 0. The number of rotatable bonds is 4. The van der Waals surface area contributed by atoms with Crippen molar-refractivity contribution in [2.75, 3.05) is 7.05 Å². The highest BCUT2D eigenvalue weighted by Crippen LogP contribution is 2.23. The average Bonchev–Trinajstić information content (AvgIpc) is 1.86. The largest absolute Gasteiger partial charge is 0.324 e. The van der Waals surface area contributed by atoms with Crippen LogP contribution >= 0.6 is 0 Å². The zero-order valence-electron chi connectivity index (χ0n) is 8.49. The monoisotopic (exact) mass is 158 g/mol. The van der Waals surface area contributed by atoms with Crippen LogP contribution in [-0.2, 0) is 0 Å². The normalized spacial score (nSPS) is 18.0. The Kier molecular flexibility index (Phi) is 3.52. The summed E-state index contributed by atoms with van der Waals surface area (Å²) in [7, 11) is 1.98. The van der Waals surface area contributed by atoms with Crippen LogP contribution in [0.25, 0.3) is 0 Å². The van der Waals surface area contributed by atoms with Gasteiger partial charge in [-0.1, -0.05) is 13.3 Å². The highest BCUT2D eigenvalue weighted by molar-refractivity contribution is 4.99. The van der Waals surface area contributed by atoms with Crippen LogP contribution in [0.3, 0.4) is 0 Å². The Balaban J connectivity index is 4.33. The van der Waals surface area contributed by atoms with Crippen molar-refractivity contribution in [3.8, 4) is 0 Å². The maximum absolute atomic E-state index is 6.05. The third-order valence-corrected chi connectivity index (χ3v) is 2.72. The molecule has 0 amide bonds. The van der Waals surface area contributed by atoms with Gasteiger partial charge in [-0.3, -0.25) is 0 Å². The van der Waals surface area contributed by atoms with Crippen LogP contribution in [-0.4, -0.2) is 18.1 Å². The molecule has 0 rings (SSSR count). The lowest BCUT2D eigenvalue weighted by atomic mass is 9.78. The van der Waals surface area contributed by atoms with Gasteiger partial charge >= 0.3 is 0 Å². The van der Waals surface area contributed by atoms with Gasteiger partial charge in [-0.2, -0.15) is 0 Å². The molecule has 0 aliphatic rings. The predicted octanol–water partition coefficient (Wildman–Crippen LogP) is 1.50. The zero-order valence-corrected chi connectivity index (χ0v) is 8.49. The molecule has 0 aliphatic carbocycles. The molecule has 0 fully saturated rings. The molecule has 0 aromatic rings. The van der Waals surface area contributed by atoms with E-state index < -0.39 is 0 Å². The van der Waals surface area contributed by atoms with E-state index in [0.717, 1.165) is 12.8 Å². The molecule has 0 spiro atoms. The fourth-order valence-corrected chi connectivity index (χ4v) is 1.27. The van der Waals surface area contributed by atoms with E-state index in [1.54, 1.807) is 0 Å². The third-order valence-electron chi connectivity index (χ3n) is 2.72. The molecule has 2 nitrogen and oxygen atoms in total. The molecule has 0 aliphatic heterocycles. The molecule has 0 bridgehead atoms. The van der Waals surface area contributed by atoms with E-state index in [1.807, 2.05) is 7.05 Å². The number of nitrogens with two attached hydrogens (primary N) is 1. The Labute approximate surface area is 70.5 Å². The smallest absolute Gasteiger partial charge is 0.0325 e. The molecule has 0 radical (unpaired) electrons. The van der Waals surface area contributed by atoms with Crippen molar-refractivity contribution in [2.45, 2.75) is 51.6 Å². The van der Waals surface area contributed by atoms with Crippen LogP contribution in [0.4, 0.5) is 0 Å². The van der Waals surface area contributed by atoms with Crippen molar-refractivity contribution in [2.24, 2.45) is 5.73 Å². The molecule has 0 saturated carbocycles. The van der Waals surface area contributed by atoms with Crippen LogP contribution in [0, 0.1) is 0 Å². The summed E-state index contributed by atoms with van der Waals surface area (Å²) in [6.45, 7) is 8.50. The Morgan fingerprint density at radius 1 is 1.27 bits per heavy atom. The molecule has 0 aromatic heterocycles. The van der Waals surface area contributed by atoms with Crippen molar-refractivity contribution in [1.82, 2.24) is 5.32 Å². The number of nitrogens with one attached hydrogen (secondary N) is 1. The minimum atomic E-state index is -0.155. The second-order valence-electron chi connectivity index (χ2n) is 4.05. The fourth-order valence-electron chi connectivity index (χ4n) is 1.27. The van der Waals surface area contributed by atoms with Crippen molar-refractivity contribution in [3.05, 3.63) is 0 Å². The Hall–Kier alpha value is -0.0800. The fraction of sp³-hybridized carbons (Fsp3) is 1.00. The van der Waals surface area contributed by atoms with Crippen molar-refractivity contribution in [1.29, 1.82) is 0 Å². The van der Waals surface area contributed by atoms with E-state index in [1.165, 1.54) is 0 Å². The van der Waals surface area contributed by atoms with E-state index in [-0.39, 0.29) is 11.1 Å². The summed E-state index contributed by atoms with van der Waals surface area (Å²) in [5.74, 6) is 0. The van der Waals surface area contributed by atoms with Gasteiger partial charge in [0.15, 0.2) is 0 Å². The maximum atomic E-state index is 6.05. The van der Waals surface area contributed by atoms with Gasteiger partial charge in [-0.15, -0.1) is 0 Å². The van der Waals surface area contributed by atoms with E-state index in [9.17, 15) is 0 Å². The summed E-state index contributed by atoms with van der Waals surface area (Å²) in [6.07, 6.45) is 2.28. The van der Waals surface area contributed by atoms with E-state index in [4.69, 9.17) is 5.73 Å². The second kappa shape index (κ2) is 3.55. The van der Waals surface area contributed by atoms with E-state index in [0.29, 0.717) is 0 Å². The molecule has 0 aromatic carbocycles.